The summed E-state index contributed by atoms with van der Waals surface area (Å²) in [4.78, 5) is 16.3. The molecule has 0 bridgehead atoms. The summed E-state index contributed by atoms with van der Waals surface area (Å²) >= 11 is 5.88. The molecule has 22 heavy (non-hydrogen) atoms. The molecule has 0 aliphatic rings. The van der Waals surface area contributed by atoms with Crippen LogP contribution in [-0.2, 0) is 11.2 Å². The molecule has 0 saturated carbocycles. The number of oxazole rings is 1. The molecule has 0 fully saturated rings. The van der Waals surface area contributed by atoms with Gasteiger partial charge in [0, 0.05) is 16.3 Å². The molecule has 3 rings (SSSR count). The predicted octanol–water partition coefficient (Wildman–Crippen LogP) is 4.18. The van der Waals surface area contributed by atoms with Gasteiger partial charge in [0.15, 0.2) is 0 Å². The van der Waals surface area contributed by atoms with Gasteiger partial charge in [-0.05, 0) is 30.3 Å². The lowest BCUT2D eigenvalue weighted by atomic mass is 10.2. The largest absolute Gasteiger partial charge is 0.444 e. The number of aromatic nitrogens is 1. The van der Waals surface area contributed by atoms with Gasteiger partial charge in [-0.25, -0.2) is 4.98 Å². The SMILES string of the molecule is O=C(Cc1coc(-c2ccccc2)n1)Nc1cccc(Cl)c1. The number of anilines is 1. The molecule has 1 heterocycles. The highest BCUT2D eigenvalue weighted by Crippen LogP contribution is 2.19. The topological polar surface area (TPSA) is 55.1 Å². The summed E-state index contributed by atoms with van der Waals surface area (Å²) in [6.07, 6.45) is 1.64. The fourth-order valence-electron chi connectivity index (χ4n) is 2.04. The van der Waals surface area contributed by atoms with Crippen molar-refractivity contribution in [3.63, 3.8) is 0 Å². The van der Waals surface area contributed by atoms with Crippen molar-refractivity contribution in [1.29, 1.82) is 0 Å². The number of rotatable bonds is 4. The van der Waals surface area contributed by atoms with Gasteiger partial charge in [0.25, 0.3) is 0 Å². The fraction of sp³-hybridized carbons (Fsp3) is 0.0588. The second kappa shape index (κ2) is 6.45. The first-order valence-corrected chi connectivity index (χ1v) is 7.14. The molecule has 0 aliphatic heterocycles. The Balaban J connectivity index is 1.66. The van der Waals surface area contributed by atoms with Gasteiger partial charge < -0.3 is 9.73 Å². The number of hydrogen-bond acceptors (Lipinski definition) is 3. The van der Waals surface area contributed by atoms with Crippen LogP contribution in [0.25, 0.3) is 11.5 Å². The first-order chi connectivity index (χ1) is 10.7. The van der Waals surface area contributed by atoms with Gasteiger partial charge in [-0.1, -0.05) is 35.9 Å². The lowest BCUT2D eigenvalue weighted by molar-refractivity contribution is -0.115. The number of carbonyl (C=O) groups excluding carboxylic acids is 1. The zero-order valence-electron chi connectivity index (χ0n) is 11.6. The summed E-state index contributed by atoms with van der Waals surface area (Å²) in [6.45, 7) is 0. The van der Waals surface area contributed by atoms with Crippen LogP contribution in [0.4, 0.5) is 5.69 Å². The number of nitrogens with one attached hydrogen (secondary N) is 1. The Morgan fingerprint density at radius 2 is 1.95 bits per heavy atom. The van der Waals surface area contributed by atoms with Crippen LogP contribution in [-0.4, -0.2) is 10.9 Å². The summed E-state index contributed by atoms with van der Waals surface area (Å²) in [6, 6.07) is 16.5. The van der Waals surface area contributed by atoms with E-state index in [4.69, 9.17) is 16.0 Å². The van der Waals surface area contributed by atoms with Crippen molar-refractivity contribution >= 4 is 23.2 Å². The quantitative estimate of drug-likeness (QED) is 0.786. The molecule has 5 heteroatoms. The van der Waals surface area contributed by atoms with E-state index in [-0.39, 0.29) is 12.3 Å². The van der Waals surface area contributed by atoms with Crippen LogP contribution < -0.4 is 5.32 Å². The van der Waals surface area contributed by atoms with Crippen LogP contribution in [0.1, 0.15) is 5.69 Å². The van der Waals surface area contributed by atoms with E-state index >= 15 is 0 Å². The van der Waals surface area contributed by atoms with Crippen LogP contribution in [0.5, 0.6) is 0 Å². The van der Waals surface area contributed by atoms with Gasteiger partial charge in [0.05, 0.1) is 12.1 Å². The number of nitrogens with zero attached hydrogens (tertiary/aromatic N) is 1. The fourth-order valence-corrected chi connectivity index (χ4v) is 2.23. The standard InChI is InChI=1S/C17H13ClN2O2/c18-13-7-4-8-14(9-13)19-16(21)10-15-11-22-17(20-15)12-5-2-1-3-6-12/h1-9,11H,10H2,(H,19,21). The number of carbonyl (C=O) groups is 1. The Hall–Kier alpha value is -2.59. The van der Waals surface area contributed by atoms with E-state index in [0.717, 1.165) is 5.56 Å². The molecule has 1 aromatic heterocycles. The molecule has 0 atom stereocenters. The lowest BCUT2D eigenvalue weighted by Gasteiger charge is -2.03. The molecular formula is C17H13ClN2O2. The summed E-state index contributed by atoms with van der Waals surface area (Å²) in [5.41, 5.74) is 2.12. The van der Waals surface area contributed by atoms with Crippen molar-refractivity contribution < 1.29 is 9.21 Å². The molecule has 3 aromatic rings. The zero-order chi connectivity index (χ0) is 15.4. The van der Waals surface area contributed by atoms with Gasteiger partial charge in [0.1, 0.15) is 6.26 Å². The summed E-state index contributed by atoms with van der Waals surface area (Å²) < 4.78 is 5.41. The maximum atomic E-state index is 12.0. The van der Waals surface area contributed by atoms with E-state index in [9.17, 15) is 4.79 Å². The second-order valence-corrected chi connectivity index (χ2v) is 5.18. The van der Waals surface area contributed by atoms with Crippen molar-refractivity contribution in [3.05, 3.63) is 71.6 Å². The van der Waals surface area contributed by atoms with E-state index in [1.165, 1.54) is 6.26 Å². The third-order valence-corrected chi connectivity index (χ3v) is 3.26. The average Bonchev–Trinajstić information content (AvgIpc) is 2.96. The highest BCUT2D eigenvalue weighted by Gasteiger charge is 2.10. The van der Waals surface area contributed by atoms with Crippen molar-refractivity contribution in [2.75, 3.05) is 5.32 Å². The van der Waals surface area contributed by atoms with E-state index < -0.39 is 0 Å². The van der Waals surface area contributed by atoms with E-state index in [2.05, 4.69) is 10.3 Å². The summed E-state index contributed by atoms with van der Waals surface area (Å²) in [7, 11) is 0. The number of hydrogen-bond donors (Lipinski definition) is 1. The normalized spacial score (nSPS) is 10.4. The third-order valence-electron chi connectivity index (χ3n) is 3.02. The Morgan fingerprint density at radius 3 is 2.73 bits per heavy atom. The zero-order valence-corrected chi connectivity index (χ0v) is 12.4. The van der Waals surface area contributed by atoms with E-state index in [0.29, 0.717) is 22.3 Å². The highest BCUT2D eigenvalue weighted by molar-refractivity contribution is 6.30. The lowest BCUT2D eigenvalue weighted by Crippen LogP contribution is -2.14. The molecule has 2 aromatic carbocycles. The minimum atomic E-state index is -0.171. The van der Waals surface area contributed by atoms with E-state index in [1.54, 1.807) is 24.3 Å². The maximum Gasteiger partial charge on any atom is 0.230 e. The molecule has 0 unspecified atom stereocenters. The molecule has 0 radical (unpaired) electrons. The Morgan fingerprint density at radius 1 is 1.14 bits per heavy atom. The number of halogens is 1. The van der Waals surface area contributed by atoms with Crippen molar-refractivity contribution in [1.82, 2.24) is 4.98 Å². The van der Waals surface area contributed by atoms with Gasteiger partial charge in [0.2, 0.25) is 11.8 Å². The van der Waals surface area contributed by atoms with Crippen LogP contribution >= 0.6 is 11.6 Å². The minimum absolute atomic E-state index is 0.142. The van der Waals surface area contributed by atoms with Crippen LogP contribution in [0.2, 0.25) is 5.02 Å². The molecule has 0 saturated heterocycles. The molecule has 0 aliphatic carbocycles. The Labute approximate surface area is 132 Å². The van der Waals surface area contributed by atoms with Crippen molar-refractivity contribution in [2.45, 2.75) is 6.42 Å². The molecule has 1 amide bonds. The van der Waals surface area contributed by atoms with Crippen molar-refractivity contribution in [3.8, 4) is 11.5 Å². The van der Waals surface area contributed by atoms with E-state index in [1.807, 2.05) is 30.3 Å². The van der Waals surface area contributed by atoms with Crippen LogP contribution in [0.3, 0.4) is 0 Å². The monoisotopic (exact) mass is 312 g/mol. The Bertz CT molecular complexity index is 784. The first kappa shape index (κ1) is 14.4. The van der Waals surface area contributed by atoms with Crippen molar-refractivity contribution in [2.24, 2.45) is 0 Å². The van der Waals surface area contributed by atoms with Crippen LogP contribution in [0.15, 0.2) is 65.3 Å². The average molecular weight is 313 g/mol. The van der Waals surface area contributed by atoms with Gasteiger partial charge in [-0.2, -0.15) is 0 Å². The molecule has 0 spiro atoms. The summed E-state index contributed by atoms with van der Waals surface area (Å²) in [5, 5.41) is 3.35. The molecule has 110 valence electrons. The number of amides is 1. The smallest absolute Gasteiger partial charge is 0.230 e. The van der Waals surface area contributed by atoms with Gasteiger partial charge in [-0.15, -0.1) is 0 Å². The maximum absolute atomic E-state index is 12.0. The number of benzene rings is 2. The third kappa shape index (κ3) is 3.54. The molecular weight excluding hydrogens is 300 g/mol. The summed E-state index contributed by atoms with van der Waals surface area (Å²) in [5.74, 6) is 0.335. The molecule has 4 nitrogen and oxygen atoms in total. The van der Waals surface area contributed by atoms with Gasteiger partial charge >= 0.3 is 0 Å². The highest BCUT2D eigenvalue weighted by atomic mass is 35.5. The second-order valence-electron chi connectivity index (χ2n) is 4.75. The molecule has 1 N–H and O–H groups in total. The predicted molar refractivity (Wildman–Crippen MR) is 85.7 cm³/mol. The minimum Gasteiger partial charge on any atom is -0.444 e. The van der Waals surface area contributed by atoms with Crippen LogP contribution in [0, 0.1) is 0 Å². The Kier molecular flexibility index (Phi) is 4.21. The van der Waals surface area contributed by atoms with Gasteiger partial charge in [-0.3, -0.25) is 4.79 Å². The first-order valence-electron chi connectivity index (χ1n) is 6.76.